The van der Waals surface area contributed by atoms with Gasteiger partial charge in [-0.05, 0) is 18.8 Å². The van der Waals surface area contributed by atoms with Gasteiger partial charge < -0.3 is 19.5 Å². The molecule has 1 aromatic rings. The highest BCUT2D eigenvalue weighted by Gasteiger charge is 2.31. The summed E-state index contributed by atoms with van der Waals surface area (Å²) in [6.07, 6.45) is 4.03. The van der Waals surface area contributed by atoms with Crippen LogP contribution in [-0.4, -0.2) is 41.3 Å². The second kappa shape index (κ2) is 8.12. The summed E-state index contributed by atoms with van der Waals surface area (Å²) in [6, 6.07) is -0.195. The maximum Gasteiger partial charge on any atom is 0.318 e. The maximum atomic E-state index is 12.5. The minimum absolute atomic E-state index is 0.0490. The Morgan fingerprint density at radius 2 is 2.27 bits per heavy atom. The smallest absolute Gasteiger partial charge is 0.318 e. The van der Waals surface area contributed by atoms with Crippen LogP contribution in [0.1, 0.15) is 57.3 Å². The molecule has 7 heteroatoms. The molecule has 0 aromatic carbocycles. The fourth-order valence-corrected chi connectivity index (χ4v) is 2.59. The highest BCUT2D eigenvalue weighted by atomic mass is 16.5. The van der Waals surface area contributed by atoms with E-state index < -0.39 is 0 Å². The average molecular weight is 310 g/mol. The van der Waals surface area contributed by atoms with Gasteiger partial charge in [0, 0.05) is 20.2 Å². The normalized spacial score (nSPS) is 19.3. The molecule has 1 unspecified atom stereocenters. The Balaban J connectivity index is 2.10. The molecule has 0 bridgehead atoms. The molecule has 1 atom stereocenters. The first-order valence-electron chi connectivity index (χ1n) is 7.97. The summed E-state index contributed by atoms with van der Waals surface area (Å²) < 4.78 is 10.4. The number of nitrogens with zero attached hydrogens (tertiary/aromatic N) is 3. The van der Waals surface area contributed by atoms with Gasteiger partial charge in [-0.1, -0.05) is 31.8 Å². The lowest BCUT2D eigenvalue weighted by Crippen LogP contribution is -2.43. The van der Waals surface area contributed by atoms with Gasteiger partial charge >= 0.3 is 6.03 Å². The number of rotatable bonds is 5. The number of nitrogens with one attached hydrogen (secondary N) is 1. The van der Waals surface area contributed by atoms with Crippen molar-refractivity contribution < 1.29 is 14.1 Å². The van der Waals surface area contributed by atoms with Crippen molar-refractivity contribution in [2.45, 2.75) is 52.2 Å². The first-order valence-corrected chi connectivity index (χ1v) is 7.97. The molecule has 2 heterocycles. The number of hydrogen-bond acceptors (Lipinski definition) is 5. The van der Waals surface area contributed by atoms with Crippen LogP contribution in [-0.2, 0) is 11.3 Å². The van der Waals surface area contributed by atoms with Gasteiger partial charge in [-0.2, -0.15) is 4.98 Å². The number of methoxy groups -OCH3 is 1. The third-order valence-electron chi connectivity index (χ3n) is 3.72. The fourth-order valence-electron chi connectivity index (χ4n) is 2.59. The van der Waals surface area contributed by atoms with Crippen LogP contribution in [0, 0.1) is 5.92 Å². The van der Waals surface area contributed by atoms with E-state index in [1.54, 1.807) is 7.11 Å². The molecule has 2 amide bonds. The Bertz CT molecular complexity index is 475. The molecule has 0 aliphatic carbocycles. The zero-order valence-corrected chi connectivity index (χ0v) is 13.7. The van der Waals surface area contributed by atoms with Crippen molar-refractivity contribution in [3.63, 3.8) is 0 Å². The average Bonchev–Trinajstić information content (AvgIpc) is 2.81. The van der Waals surface area contributed by atoms with Crippen LogP contribution in [0.3, 0.4) is 0 Å². The molecule has 1 aliphatic rings. The summed E-state index contributed by atoms with van der Waals surface area (Å²) in [5.41, 5.74) is 0. The minimum atomic E-state index is -0.146. The molecule has 0 radical (unpaired) electrons. The monoisotopic (exact) mass is 310 g/mol. The van der Waals surface area contributed by atoms with Gasteiger partial charge in [-0.15, -0.1) is 0 Å². The van der Waals surface area contributed by atoms with Crippen molar-refractivity contribution in [2.75, 3.05) is 20.2 Å². The molecular weight excluding hydrogens is 284 g/mol. The number of hydrogen-bond donors (Lipinski definition) is 1. The van der Waals surface area contributed by atoms with E-state index in [-0.39, 0.29) is 12.1 Å². The van der Waals surface area contributed by atoms with Crippen LogP contribution in [0.4, 0.5) is 4.79 Å². The first kappa shape index (κ1) is 16.7. The Morgan fingerprint density at radius 1 is 1.45 bits per heavy atom. The third kappa shape index (κ3) is 4.43. The predicted octanol–water partition coefficient (Wildman–Crippen LogP) is 2.50. The zero-order chi connectivity index (χ0) is 15.9. The molecule has 22 heavy (non-hydrogen) atoms. The molecule has 1 N–H and O–H groups in total. The van der Waals surface area contributed by atoms with Crippen LogP contribution >= 0.6 is 0 Å². The van der Waals surface area contributed by atoms with Crippen LogP contribution in [0.15, 0.2) is 4.52 Å². The third-order valence-corrected chi connectivity index (χ3v) is 3.72. The Morgan fingerprint density at radius 3 is 3.00 bits per heavy atom. The summed E-state index contributed by atoms with van der Waals surface area (Å²) in [7, 11) is 1.59. The van der Waals surface area contributed by atoms with E-state index in [1.807, 2.05) is 4.90 Å². The lowest BCUT2D eigenvalue weighted by molar-refractivity contribution is 0.157. The lowest BCUT2D eigenvalue weighted by Gasteiger charge is -2.27. The van der Waals surface area contributed by atoms with Crippen LogP contribution < -0.4 is 5.32 Å². The van der Waals surface area contributed by atoms with Crippen LogP contribution in [0.25, 0.3) is 0 Å². The Kier molecular flexibility index (Phi) is 6.18. The van der Waals surface area contributed by atoms with Gasteiger partial charge in [0.1, 0.15) is 12.6 Å². The number of aromatic nitrogens is 2. The number of carbonyl (C=O) groups excluding carboxylic acids is 1. The van der Waals surface area contributed by atoms with E-state index in [1.165, 1.54) is 0 Å². The standard InChI is InChI=1S/C15H26N4O3/c1-11(2)9-16-15(20)19-8-6-4-5-7-12(19)14-17-13(10-21-3)18-22-14/h11-12H,4-10H2,1-3H3,(H,16,20). The van der Waals surface area contributed by atoms with E-state index >= 15 is 0 Å². The Hall–Kier alpha value is -1.63. The predicted molar refractivity (Wildman–Crippen MR) is 81.2 cm³/mol. The first-order chi connectivity index (χ1) is 10.6. The summed E-state index contributed by atoms with van der Waals surface area (Å²) in [4.78, 5) is 18.7. The summed E-state index contributed by atoms with van der Waals surface area (Å²) in [5, 5.41) is 6.89. The second-order valence-electron chi connectivity index (χ2n) is 6.12. The van der Waals surface area contributed by atoms with Gasteiger partial charge in [0.25, 0.3) is 0 Å². The highest BCUT2D eigenvalue weighted by molar-refractivity contribution is 5.74. The Labute approximate surface area is 131 Å². The number of ether oxygens (including phenoxy) is 1. The quantitative estimate of drug-likeness (QED) is 0.903. The summed E-state index contributed by atoms with van der Waals surface area (Å²) >= 11 is 0. The molecule has 2 rings (SSSR count). The number of amides is 2. The van der Waals surface area contributed by atoms with Crippen LogP contribution in [0.5, 0.6) is 0 Å². The SMILES string of the molecule is COCc1noc(C2CCCCCN2C(=O)NCC(C)C)n1. The molecular formula is C15H26N4O3. The largest absolute Gasteiger partial charge is 0.377 e. The van der Waals surface area contributed by atoms with Gasteiger partial charge in [-0.3, -0.25) is 0 Å². The number of urea groups is 1. The molecule has 7 nitrogen and oxygen atoms in total. The van der Waals surface area contributed by atoms with Gasteiger partial charge in [0.2, 0.25) is 5.89 Å². The fraction of sp³-hybridized carbons (Fsp3) is 0.800. The molecule has 0 saturated carbocycles. The molecule has 1 aliphatic heterocycles. The zero-order valence-electron chi connectivity index (χ0n) is 13.7. The van der Waals surface area contributed by atoms with Crippen molar-refractivity contribution in [1.82, 2.24) is 20.4 Å². The summed E-state index contributed by atoms with van der Waals surface area (Å²) in [5.74, 6) is 1.45. The van der Waals surface area contributed by atoms with Crippen molar-refractivity contribution in [3.8, 4) is 0 Å². The van der Waals surface area contributed by atoms with E-state index in [9.17, 15) is 4.79 Å². The number of likely N-dealkylation sites (tertiary alicyclic amines) is 1. The van der Waals surface area contributed by atoms with Crippen LogP contribution in [0.2, 0.25) is 0 Å². The van der Waals surface area contributed by atoms with E-state index in [0.29, 0.717) is 30.8 Å². The summed E-state index contributed by atoms with van der Waals surface area (Å²) in [6.45, 7) is 5.86. The second-order valence-corrected chi connectivity index (χ2v) is 6.12. The topological polar surface area (TPSA) is 80.5 Å². The van der Waals surface area contributed by atoms with E-state index in [4.69, 9.17) is 9.26 Å². The highest BCUT2D eigenvalue weighted by Crippen LogP contribution is 2.29. The molecule has 0 spiro atoms. The molecule has 1 fully saturated rings. The molecule has 1 saturated heterocycles. The van der Waals surface area contributed by atoms with Crippen molar-refractivity contribution in [1.29, 1.82) is 0 Å². The van der Waals surface area contributed by atoms with Crippen molar-refractivity contribution in [3.05, 3.63) is 11.7 Å². The van der Waals surface area contributed by atoms with E-state index in [0.717, 1.165) is 32.2 Å². The number of carbonyl (C=O) groups is 1. The molecule has 1 aromatic heterocycles. The van der Waals surface area contributed by atoms with Crippen molar-refractivity contribution in [2.24, 2.45) is 5.92 Å². The van der Waals surface area contributed by atoms with Gasteiger partial charge in [0.05, 0.1) is 0 Å². The maximum absolute atomic E-state index is 12.5. The van der Waals surface area contributed by atoms with Crippen molar-refractivity contribution >= 4 is 6.03 Å². The molecule has 124 valence electrons. The minimum Gasteiger partial charge on any atom is -0.377 e. The van der Waals surface area contributed by atoms with Gasteiger partial charge in [0.15, 0.2) is 5.82 Å². The lowest BCUT2D eigenvalue weighted by atomic mass is 10.1. The van der Waals surface area contributed by atoms with E-state index in [2.05, 4.69) is 29.3 Å². The van der Waals surface area contributed by atoms with Gasteiger partial charge in [-0.25, -0.2) is 4.79 Å².